The number of alkyl halides is 3. The van der Waals surface area contributed by atoms with E-state index in [1.54, 1.807) is 18.3 Å². The van der Waals surface area contributed by atoms with Crippen LogP contribution in [-0.4, -0.2) is 42.8 Å². The predicted octanol–water partition coefficient (Wildman–Crippen LogP) is 7.83. The number of methoxy groups -OCH3 is 1. The van der Waals surface area contributed by atoms with Crippen molar-refractivity contribution in [1.29, 1.82) is 0 Å². The van der Waals surface area contributed by atoms with Crippen molar-refractivity contribution in [3.63, 3.8) is 0 Å². The van der Waals surface area contributed by atoms with Crippen LogP contribution in [0.25, 0.3) is 11.1 Å². The number of hydrogen-bond acceptors (Lipinski definition) is 6. The molecule has 45 heavy (non-hydrogen) atoms. The summed E-state index contributed by atoms with van der Waals surface area (Å²) in [6.07, 6.45) is 2.42. The Labute approximate surface area is 262 Å². The van der Waals surface area contributed by atoms with E-state index in [4.69, 9.17) is 14.3 Å². The minimum absolute atomic E-state index is 0.0607. The average molecular weight is 624 g/mol. The van der Waals surface area contributed by atoms with Crippen LogP contribution in [0.1, 0.15) is 48.8 Å². The average Bonchev–Trinajstić information content (AvgIpc) is 3.33. The van der Waals surface area contributed by atoms with Crippen LogP contribution >= 0.6 is 0 Å². The molecule has 1 aliphatic rings. The van der Waals surface area contributed by atoms with Crippen molar-refractivity contribution in [1.82, 2.24) is 0 Å². The molecule has 0 unspecified atom stereocenters. The third-order valence-corrected chi connectivity index (χ3v) is 7.94. The van der Waals surface area contributed by atoms with Crippen LogP contribution in [0, 0.1) is 11.8 Å². The number of ether oxygens (including phenoxy) is 2. The Kier molecular flexibility index (Phi) is 12.8. The van der Waals surface area contributed by atoms with E-state index in [0.29, 0.717) is 37.9 Å². The fourth-order valence-corrected chi connectivity index (χ4v) is 5.49. The molecule has 3 aromatic rings. The van der Waals surface area contributed by atoms with Gasteiger partial charge in [-0.3, -0.25) is 4.79 Å². The Morgan fingerprint density at radius 2 is 1.56 bits per heavy atom. The van der Waals surface area contributed by atoms with E-state index in [1.165, 1.54) is 19.2 Å². The van der Waals surface area contributed by atoms with E-state index in [-0.39, 0.29) is 36.1 Å². The maximum Gasteiger partial charge on any atom is 0.393 e. The van der Waals surface area contributed by atoms with E-state index >= 15 is 0 Å². The number of aliphatic hydroxyl groups is 1. The van der Waals surface area contributed by atoms with E-state index in [1.807, 2.05) is 36.4 Å². The van der Waals surface area contributed by atoms with Crippen LogP contribution in [0.3, 0.4) is 0 Å². The van der Waals surface area contributed by atoms with Crippen LogP contribution < -0.4 is 0 Å². The summed E-state index contributed by atoms with van der Waals surface area (Å²) in [6.45, 7) is 0.492. The van der Waals surface area contributed by atoms with Gasteiger partial charge in [0.1, 0.15) is 6.61 Å². The summed E-state index contributed by atoms with van der Waals surface area (Å²) < 4.78 is 48.9. The zero-order valence-electron chi connectivity index (χ0n) is 25.4. The number of carbonyl (C=O) groups excluding carboxylic acids is 1. The number of hydrogen-bond donors (Lipinski definition) is 1. The van der Waals surface area contributed by atoms with Crippen LogP contribution in [0.2, 0.25) is 0 Å². The van der Waals surface area contributed by atoms with Gasteiger partial charge in [-0.2, -0.15) is 13.2 Å². The van der Waals surface area contributed by atoms with E-state index < -0.39 is 18.7 Å². The first kappa shape index (κ1) is 33.9. The number of oxime groups is 1. The molecule has 0 amide bonds. The number of allylic oxidation sites excluding steroid dienone is 2. The number of aliphatic hydroxyl groups excluding tert-OH is 1. The van der Waals surface area contributed by atoms with Crippen molar-refractivity contribution in [2.24, 2.45) is 17.0 Å². The lowest BCUT2D eigenvalue weighted by molar-refractivity contribution is -0.140. The molecular weight excluding hydrogens is 583 g/mol. The Hall–Kier alpha value is -3.95. The van der Waals surface area contributed by atoms with Crippen molar-refractivity contribution < 1.29 is 37.4 Å². The number of rotatable bonds is 15. The number of halogens is 3. The Balaban J connectivity index is 1.35. The van der Waals surface area contributed by atoms with Crippen molar-refractivity contribution in [2.75, 3.05) is 7.11 Å². The lowest BCUT2D eigenvalue weighted by atomic mass is 9.91. The third kappa shape index (κ3) is 11.2. The van der Waals surface area contributed by atoms with Crippen molar-refractivity contribution >= 4 is 12.2 Å². The first-order chi connectivity index (χ1) is 21.7. The topological polar surface area (TPSA) is 77.4 Å². The fourth-order valence-electron chi connectivity index (χ4n) is 5.49. The van der Waals surface area contributed by atoms with Gasteiger partial charge in [0.25, 0.3) is 0 Å². The molecule has 1 aliphatic carbocycles. The monoisotopic (exact) mass is 623 g/mol. The standard InChI is InChI=1S/C36H40F3NO5/c1-43-35(42)12-8-3-2-7-11-31-32(23-40-45-25-28-15-13-26(14-16-28)22-36(37,38)39)33(41)21-34(31)44-24-27-17-19-30(20-18-27)29-9-5-4-6-10-29/h2,4-7,9-10,13-20,23,31-34,41H,3,8,11-12,21-22,24-25H2,1H3/b7-2-,40-23?/t31-,32-,33-,34+/m1/s1. The highest BCUT2D eigenvalue weighted by Crippen LogP contribution is 2.37. The molecule has 240 valence electrons. The zero-order chi connectivity index (χ0) is 32.1. The van der Waals surface area contributed by atoms with E-state index in [0.717, 1.165) is 23.1 Å². The highest BCUT2D eigenvalue weighted by molar-refractivity contribution is 5.69. The lowest BCUT2D eigenvalue weighted by Gasteiger charge is -2.22. The second kappa shape index (κ2) is 16.9. The predicted molar refractivity (Wildman–Crippen MR) is 167 cm³/mol. The molecule has 3 aromatic carbocycles. The van der Waals surface area contributed by atoms with E-state index in [9.17, 15) is 23.1 Å². The fraction of sp³-hybridized carbons (Fsp3) is 0.389. The zero-order valence-corrected chi connectivity index (χ0v) is 25.4. The molecule has 0 saturated heterocycles. The molecule has 0 radical (unpaired) electrons. The van der Waals surface area contributed by atoms with Crippen molar-refractivity contribution in [3.8, 4) is 11.1 Å². The number of carbonyl (C=O) groups is 1. The molecule has 1 saturated carbocycles. The molecule has 0 aliphatic heterocycles. The molecule has 1 fully saturated rings. The van der Waals surface area contributed by atoms with Gasteiger partial charge in [-0.25, -0.2) is 0 Å². The Morgan fingerprint density at radius 1 is 0.911 bits per heavy atom. The summed E-state index contributed by atoms with van der Waals surface area (Å²) >= 11 is 0. The third-order valence-electron chi connectivity index (χ3n) is 7.94. The highest BCUT2D eigenvalue weighted by Gasteiger charge is 2.42. The molecule has 4 atom stereocenters. The quantitative estimate of drug-likeness (QED) is 0.0614. The summed E-state index contributed by atoms with van der Waals surface area (Å²) in [5.74, 6) is -0.611. The smallest absolute Gasteiger partial charge is 0.393 e. The highest BCUT2D eigenvalue weighted by atomic mass is 19.4. The summed E-state index contributed by atoms with van der Waals surface area (Å²) in [7, 11) is 1.38. The maximum absolute atomic E-state index is 12.6. The minimum atomic E-state index is -4.26. The van der Waals surface area contributed by atoms with Crippen LogP contribution in [0.15, 0.2) is 96.2 Å². The first-order valence-corrected chi connectivity index (χ1v) is 15.2. The van der Waals surface area contributed by atoms with Crippen molar-refractivity contribution in [3.05, 3.63) is 108 Å². The summed E-state index contributed by atoms with van der Waals surface area (Å²) in [5, 5.41) is 15.1. The van der Waals surface area contributed by atoms with Gasteiger partial charge in [-0.05, 0) is 53.0 Å². The molecule has 0 aromatic heterocycles. The number of nitrogens with zero attached hydrogens (tertiary/aromatic N) is 1. The van der Waals surface area contributed by atoms with Gasteiger partial charge in [0.05, 0.1) is 32.3 Å². The summed E-state index contributed by atoms with van der Waals surface area (Å²) in [4.78, 5) is 16.8. The normalized spacial score (nSPS) is 20.2. The summed E-state index contributed by atoms with van der Waals surface area (Å²) in [6, 6.07) is 24.4. The van der Waals surface area contributed by atoms with Gasteiger partial charge in [-0.15, -0.1) is 0 Å². The molecule has 1 N–H and O–H groups in total. The van der Waals surface area contributed by atoms with Gasteiger partial charge in [0.15, 0.2) is 0 Å². The molecule has 6 nitrogen and oxygen atoms in total. The second-order valence-electron chi connectivity index (χ2n) is 11.3. The molecule has 0 heterocycles. The van der Waals surface area contributed by atoms with Gasteiger partial charge in [-0.1, -0.05) is 96.2 Å². The number of unbranched alkanes of at least 4 members (excludes halogenated alkanes) is 1. The van der Waals surface area contributed by atoms with E-state index in [2.05, 4.69) is 35.5 Å². The maximum atomic E-state index is 12.6. The SMILES string of the molecule is COC(=O)CCC/C=C\C[C@@H]1[C@@H](C=NOCc2ccc(CC(F)(F)F)cc2)[C@H](O)C[C@@H]1OCc1ccc(-c2ccccc2)cc1. The van der Waals surface area contributed by atoms with Gasteiger partial charge in [0, 0.05) is 25.0 Å². The largest absolute Gasteiger partial charge is 0.469 e. The molecule has 9 heteroatoms. The molecule has 0 bridgehead atoms. The van der Waals surface area contributed by atoms with Gasteiger partial charge < -0.3 is 19.4 Å². The molecule has 0 spiro atoms. The van der Waals surface area contributed by atoms with Crippen LogP contribution in [0.4, 0.5) is 13.2 Å². The van der Waals surface area contributed by atoms with Crippen LogP contribution in [-0.2, 0) is 38.7 Å². The van der Waals surface area contributed by atoms with Gasteiger partial charge in [0.2, 0.25) is 0 Å². The van der Waals surface area contributed by atoms with Crippen molar-refractivity contribution in [2.45, 2.75) is 70.1 Å². The van der Waals surface area contributed by atoms with Crippen LogP contribution in [0.5, 0.6) is 0 Å². The number of esters is 1. The van der Waals surface area contributed by atoms with Gasteiger partial charge >= 0.3 is 12.1 Å². The Bertz CT molecular complexity index is 1370. The second-order valence-corrected chi connectivity index (χ2v) is 11.3. The molecule has 4 rings (SSSR count). The Morgan fingerprint density at radius 3 is 2.24 bits per heavy atom. The summed E-state index contributed by atoms with van der Waals surface area (Å²) in [5.41, 5.74) is 4.17. The first-order valence-electron chi connectivity index (χ1n) is 15.2. The molecular formula is C36H40F3NO5. The number of benzene rings is 3. The lowest BCUT2D eigenvalue weighted by Crippen LogP contribution is -2.24. The minimum Gasteiger partial charge on any atom is -0.469 e.